The van der Waals surface area contributed by atoms with Crippen LogP contribution in [-0.4, -0.2) is 47.0 Å². The Kier molecular flexibility index (Phi) is 5.95. The minimum absolute atomic E-state index is 0.112. The predicted molar refractivity (Wildman–Crippen MR) is 96.0 cm³/mol. The van der Waals surface area contributed by atoms with E-state index in [1.54, 1.807) is 4.90 Å². The van der Waals surface area contributed by atoms with E-state index in [4.69, 9.17) is 4.74 Å². The number of hydrogen-bond acceptors (Lipinski definition) is 3. The summed E-state index contributed by atoms with van der Waals surface area (Å²) < 4.78 is 5.45. The maximum atomic E-state index is 13.0. The van der Waals surface area contributed by atoms with Gasteiger partial charge in [0, 0.05) is 19.1 Å². The summed E-state index contributed by atoms with van der Waals surface area (Å²) in [6.07, 6.45) is 5.55. The molecule has 0 aliphatic carbocycles. The number of benzene rings is 1. The average Bonchev–Trinajstić information content (AvgIpc) is 3.16. The van der Waals surface area contributed by atoms with Crippen molar-refractivity contribution in [3.63, 3.8) is 0 Å². The summed E-state index contributed by atoms with van der Waals surface area (Å²) in [7, 11) is 0. The van der Waals surface area contributed by atoms with E-state index in [1.165, 1.54) is 6.42 Å². The number of hydrogen-bond donors (Lipinski definition) is 0. The molecule has 25 heavy (non-hydrogen) atoms. The monoisotopic (exact) mass is 344 g/mol. The third-order valence-corrected chi connectivity index (χ3v) is 5.36. The lowest BCUT2D eigenvalue weighted by atomic mass is 9.98. The van der Waals surface area contributed by atoms with Crippen LogP contribution in [0.15, 0.2) is 30.3 Å². The third kappa shape index (κ3) is 4.14. The minimum atomic E-state index is -0.371. The van der Waals surface area contributed by atoms with E-state index < -0.39 is 0 Å². The van der Waals surface area contributed by atoms with Crippen molar-refractivity contribution in [3.8, 4) is 0 Å². The van der Waals surface area contributed by atoms with Gasteiger partial charge in [-0.15, -0.1) is 0 Å². The maximum Gasteiger partial charge on any atom is 0.410 e. The predicted octanol–water partition coefficient (Wildman–Crippen LogP) is 3.58. The molecule has 5 heteroatoms. The van der Waals surface area contributed by atoms with Gasteiger partial charge in [-0.1, -0.05) is 37.3 Å². The zero-order valence-electron chi connectivity index (χ0n) is 15.0. The second kappa shape index (κ2) is 8.37. The maximum absolute atomic E-state index is 13.0. The van der Waals surface area contributed by atoms with Crippen molar-refractivity contribution in [2.45, 2.75) is 64.1 Å². The van der Waals surface area contributed by atoms with E-state index in [1.807, 2.05) is 35.2 Å². The molecular weight excluding hydrogens is 316 g/mol. The first-order valence-electron chi connectivity index (χ1n) is 9.48. The summed E-state index contributed by atoms with van der Waals surface area (Å²) >= 11 is 0. The van der Waals surface area contributed by atoms with Crippen LogP contribution in [0.4, 0.5) is 4.79 Å². The Hall–Kier alpha value is -2.04. The first-order valence-corrected chi connectivity index (χ1v) is 9.48. The largest absolute Gasteiger partial charge is 0.445 e. The summed E-state index contributed by atoms with van der Waals surface area (Å²) in [5.74, 6) is 0.112. The quantitative estimate of drug-likeness (QED) is 0.839. The first kappa shape index (κ1) is 17.8. The highest BCUT2D eigenvalue weighted by Gasteiger charge is 2.39. The fraction of sp³-hybridized carbons (Fsp3) is 0.600. The van der Waals surface area contributed by atoms with E-state index in [0.29, 0.717) is 12.6 Å². The Balaban J connectivity index is 1.61. The fourth-order valence-corrected chi connectivity index (χ4v) is 3.95. The molecule has 2 heterocycles. The highest BCUT2D eigenvalue weighted by Crippen LogP contribution is 2.26. The van der Waals surface area contributed by atoms with Crippen molar-refractivity contribution in [1.29, 1.82) is 0 Å². The van der Waals surface area contributed by atoms with Gasteiger partial charge in [-0.3, -0.25) is 9.69 Å². The Morgan fingerprint density at radius 2 is 1.80 bits per heavy atom. The highest BCUT2D eigenvalue weighted by atomic mass is 16.6. The number of carbonyl (C=O) groups excluding carboxylic acids is 2. The van der Waals surface area contributed by atoms with Crippen molar-refractivity contribution in [1.82, 2.24) is 9.80 Å². The highest BCUT2D eigenvalue weighted by molar-refractivity contribution is 5.86. The van der Waals surface area contributed by atoms with Gasteiger partial charge in [-0.2, -0.15) is 0 Å². The Labute approximate surface area is 149 Å². The number of piperidine rings is 1. The zero-order valence-corrected chi connectivity index (χ0v) is 15.0. The Morgan fingerprint density at radius 3 is 2.56 bits per heavy atom. The second-order valence-electron chi connectivity index (χ2n) is 6.98. The molecule has 0 radical (unpaired) electrons. The molecule has 1 aromatic carbocycles. The van der Waals surface area contributed by atoms with Crippen LogP contribution in [0.2, 0.25) is 0 Å². The molecule has 0 bridgehead atoms. The Bertz CT molecular complexity index is 590. The zero-order chi connectivity index (χ0) is 17.6. The molecule has 136 valence electrons. The van der Waals surface area contributed by atoms with Crippen LogP contribution in [0.25, 0.3) is 0 Å². The molecule has 2 aliphatic heterocycles. The van der Waals surface area contributed by atoms with Gasteiger partial charge < -0.3 is 9.64 Å². The molecule has 0 saturated carbocycles. The lowest BCUT2D eigenvalue weighted by molar-refractivity contribution is -0.139. The van der Waals surface area contributed by atoms with E-state index in [2.05, 4.69) is 6.92 Å². The van der Waals surface area contributed by atoms with E-state index in [0.717, 1.165) is 44.2 Å². The molecule has 2 amide bonds. The summed E-state index contributed by atoms with van der Waals surface area (Å²) in [6.45, 7) is 3.81. The summed E-state index contributed by atoms with van der Waals surface area (Å²) in [4.78, 5) is 29.2. The van der Waals surface area contributed by atoms with Crippen LogP contribution in [-0.2, 0) is 16.1 Å². The van der Waals surface area contributed by atoms with Crippen molar-refractivity contribution in [2.24, 2.45) is 0 Å². The van der Waals surface area contributed by atoms with Gasteiger partial charge in [0.1, 0.15) is 12.6 Å². The molecule has 0 spiro atoms. The second-order valence-corrected chi connectivity index (χ2v) is 6.98. The standard InChI is InChI=1S/C20H28N2O3/c1-2-17-11-6-7-13-21(17)19(23)18-12-8-14-22(18)20(24)25-15-16-9-4-3-5-10-16/h3-5,9-10,17-18H,2,6-8,11-15H2,1H3. The lowest BCUT2D eigenvalue weighted by Gasteiger charge is -2.38. The smallest absolute Gasteiger partial charge is 0.410 e. The van der Waals surface area contributed by atoms with Crippen LogP contribution in [0, 0.1) is 0 Å². The van der Waals surface area contributed by atoms with Crippen molar-refractivity contribution < 1.29 is 14.3 Å². The SMILES string of the molecule is CCC1CCCCN1C(=O)C1CCCN1C(=O)OCc1ccccc1. The van der Waals surface area contributed by atoms with Crippen LogP contribution < -0.4 is 0 Å². The van der Waals surface area contributed by atoms with Gasteiger partial charge in [-0.05, 0) is 44.1 Å². The van der Waals surface area contributed by atoms with Crippen molar-refractivity contribution in [2.75, 3.05) is 13.1 Å². The van der Waals surface area contributed by atoms with Gasteiger partial charge in [0.05, 0.1) is 0 Å². The van der Waals surface area contributed by atoms with Crippen molar-refractivity contribution >= 4 is 12.0 Å². The number of likely N-dealkylation sites (tertiary alicyclic amines) is 2. The number of rotatable bonds is 4. The number of ether oxygens (including phenoxy) is 1. The average molecular weight is 344 g/mol. The molecule has 2 unspecified atom stereocenters. The molecule has 0 N–H and O–H groups in total. The molecule has 0 aromatic heterocycles. The number of amides is 2. The summed E-state index contributed by atoms with van der Waals surface area (Å²) in [5, 5.41) is 0. The molecule has 2 fully saturated rings. The Morgan fingerprint density at radius 1 is 1.04 bits per heavy atom. The van der Waals surface area contributed by atoms with Gasteiger partial charge >= 0.3 is 6.09 Å². The van der Waals surface area contributed by atoms with Gasteiger partial charge in [0.15, 0.2) is 0 Å². The summed E-state index contributed by atoms with van der Waals surface area (Å²) in [5.41, 5.74) is 0.958. The van der Waals surface area contributed by atoms with Crippen LogP contribution in [0.1, 0.15) is 51.0 Å². The third-order valence-electron chi connectivity index (χ3n) is 5.36. The van der Waals surface area contributed by atoms with E-state index >= 15 is 0 Å². The molecule has 3 rings (SSSR count). The van der Waals surface area contributed by atoms with Gasteiger partial charge in [-0.25, -0.2) is 4.79 Å². The topological polar surface area (TPSA) is 49.9 Å². The molecule has 5 nitrogen and oxygen atoms in total. The van der Waals surface area contributed by atoms with E-state index in [-0.39, 0.29) is 24.6 Å². The fourth-order valence-electron chi connectivity index (χ4n) is 3.95. The molecular formula is C20H28N2O3. The summed E-state index contributed by atoms with van der Waals surface area (Å²) in [6, 6.07) is 9.61. The van der Waals surface area contributed by atoms with Crippen molar-refractivity contribution in [3.05, 3.63) is 35.9 Å². The van der Waals surface area contributed by atoms with Gasteiger partial charge in [0.25, 0.3) is 0 Å². The van der Waals surface area contributed by atoms with Crippen LogP contribution in [0.3, 0.4) is 0 Å². The molecule has 1 aromatic rings. The van der Waals surface area contributed by atoms with E-state index in [9.17, 15) is 9.59 Å². The van der Waals surface area contributed by atoms with Crippen LogP contribution >= 0.6 is 0 Å². The number of nitrogens with zero attached hydrogens (tertiary/aromatic N) is 2. The first-order chi connectivity index (χ1) is 12.2. The number of carbonyl (C=O) groups is 2. The minimum Gasteiger partial charge on any atom is -0.445 e. The molecule has 2 atom stereocenters. The normalized spacial score (nSPS) is 23.6. The van der Waals surface area contributed by atoms with Gasteiger partial charge in [0.2, 0.25) is 5.91 Å². The van der Waals surface area contributed by atoms with Crippen LogP contribution in [0.5, 0.6) is 0 Å². The molecule has 2 aliphatic rings. The lowest BCUT2D eigenvalue weighted by Crippen LogP contribution is -2.52. The molecule has 2 saturated heterocycles.